The zero-order valence-electron chi connectivity index (χ0n) is 14.8. The average Bonchev–Trinajstić information content (AvgIpc) is 2.89. The number of carbonyl (C=O) groups is 2. The maximum absolute atomic E-state index is 12.0. The van der Waals surface area contributed by atoms with Crippen LogP contribution in [0.25, 0.3) is 0 Å². The first-order valence-corrected chi connectivity index (χ1v) is 9.31. The van der Waals surface area contributed by atoms with Gasteiger partial charge in [0.1, 0.15) is 0 Å². The van der Waals surface area contributed by atoms with Crippen molar-refractivity contribution in [3.05, 3.63) is 24.3 Å². The second-order valence-electron chi connectivity index (χ2n) is 6.75. The van der Waals surface area contributed by atoms with Gasteiger partial charge in [-0.15, -0.1) is 0 Å². The summed E-state index contributed by atoms with van der Waals surface area (Å²) in [6.45, 7) is 2.15. The molecule has 0 aromatic heterocycles. The fourth-order valence-corrected chi connectivity index (χ4v) is 3.17. The van der Waals surface area contributed by atoms with E-state index in [1.54, 1.807) is 6.08 Å². The first kappa shape index (κ1) is 20.6. The molecule has 136 valence electrons. The molecule has 0 radical (unpaired) electrons. The molecular formula is C20H32O4. The zero-order valence-corrected chi connectivity index (χ0v) is 14.8. The number of aliphatic carboxylic acids is 1. The van der Waals surface area contributed by atoms with E-state index in [0.717, 1.165) is 44.9 Å². The van der Waals surface area contributed by atoms with Crippen LogP contribution in [-0.2, 0) is 9.59 Å². The van der Waals surface area contributed by atoms with Gasteiger partial charge in [0.15, 0.2) is 5.78 Å². The largest absolute Gasteiger partial charge is 0.481 e. The Bertz CT molecular complexity index is 439. The van der Waals surface area contributed by atoms with E-state index in [4.69, 9.17) is 5.11 Å². The SMILES string of the molecule is CCCCC[C@H](O)CC[C@H]1C(=O)C=C[C@@H]1C/C=C/CCCC(=O)O. The summed E-state index contributed by atoms with van der Waals surface area (Å²) in [5.74, 6) is -0.365. The van der Waals surface area contributed by atoms with Crippen molar-refractivity contribution in [2.45, 2.75) is 77.2 Å². The van der Waals surface area contributed by atoms with Crippen LogP contribution >= 0.6 is 0 Å². The summed E-state index contributed by atoms with van der Waals surface area (Å²) in [6, 6.07) is 0. The van der Waals surface area contributed by atoms with Crippen LogP contribution in [0.15, 0.2) is 24.3 Å². The Labute approximate surface area is 145 Å². The summed E-state index contributed by atoms with van der Waals surface area (Å²) in [7, 11) is 0. The minimum Gasteiger partial charge on any atom is -0.481 e. The van der Waals surface area contributed by atoms with Crippen LogP contribution < -0.4 is 0 Å². The van der Waals surface area contributed by atoms with Gasteiger partial charge in [0, 0.05) is 12.3 Å². The number of hydrogen-bond acceptors (Lipinski definition) is 3. The maximum Gasteiger partial charge on any atom is 0.303 e. The zero-order chi connectivity index (χ0) is 17.8. The summed E-state index contributed by atoms with van der Waals surface area (Å²) in [4.78, 5) is 22.4. The van der Waals surface area contributed by atoms with Crippen LogP contribution in [0.3, 0.4) is 0 Å². The highest BCUT2D eigenvalue weighted by Crippen LogP contribution is 2.30. The highest BCUT2D eigenvalue weighted by Gasteiger charge is 2.29. The van der Waals surface area contributed by atoms with Gasteiger partial charge in [0.05, 0.1) is 6.10 Å². The van der Waals surface area contributed by atoms with E-state index >= 15 is 0 Å². The summed E-state index contributed by atoms with van der Waals surface area (Å²) >= 11 is 0. The molecule has 1 aliphatic carbocycles. The molecule has 1 rings (SSSR count). The lowest BCUT2D eigenvalue weighted by atomic mass is 9.86. The average molecular weight is 336 g/mol. The molecule has 0 saturated heterocycles. The lowest BCUT2D eigenvalue weighted by molar-refractivity contribution is -0.137. The molecule has 0 aromatic rings. The van der Waals surface area contributed by atoms with Crippen molar-refractivity contribution in [1.29, 1.82) is 0 Å². The van der Waals surface area contributed by atoms with Crippen molar-refractivity contribution in [3.63, 3.8) is 0 Å². The van der Waals surface area contributed by atoms with E-state index in [-0.39, 0.29) is 30.1 Å². The Balaban J connectivity index is 2.28. The topological polar surface area (TPSA) is 74.6 Å². The number of aliphatic hydroxyl groups excluding tert-OH is 1. The minimum atomic E-state index is -0.759. The van der Waals surface area contributed by atoms with E-state index < -0.39 is 5.97 Å². The molecule has 0 fully saturated rings. The van der Waals surface area contributed by atoms with Crippen molar-refractivity contribution in [2.24, 2.45) is 11.8 Å². The molecule has 0 aliphatic heterocycles. The third kappa shape index (κ3) is 8.44. The fraction of sp³-hybridized carbons (Fsp3) is 0.700. The number of hydrogen-bond donors (Lipinski definition) is 2. The first-order chi connectivity index (χ1) is 11.5. The summed E-state index contributed by atoms with van der Waals surface area (Å²) < 4.78 is 0. The van der Waals surface area contributed by atoms with E-state index in [1.165, 1.54) is 0 Å². The molecule has 4 nitrogen and oxygen atoms in total. The number of aliphatic hydroxyl groups is 1. The molecule has 0 spiro atoms. The number of carboxylic acid groups (broad SMARTS) is 1. The molecule has 1 aliphatic rings. The van der Waals surface area contributed by atoms with Crippen molar-refractivity contribution >= 4 is 11.8 Å². The van der Waals surface area contributed by atoms with Crippen molar-refractivity contribution in [2.75, 3.05) is 0 Å². The molecule has 3 atom stereocenters. The van der Waals surface area contributed by atoms with Crippen LogP contribution in [0.2, 0.25) is 0 Å². The highest BCUT2D eigenvalue weighted by atomic mass is 16.4. The van der Waals surface area contributed by atoms with Crippen LogP contribution in [-0.4, -0.2) is 28.1 Å². The first-order valence-electron chi connectivity index (χ1n) is 9.31. The van der Waals surface area contributed by atoms with E-state index in [1.807, 2.05) is 12.2 Å². The van der Waals surface area contributed by atoms with Crippen LogP contribution in [0, 0.1) is 11.8 Å². The summed E-state index contributed by atoms with van der Waals surface area (Å²) in [5.41, 5.74) is 0. The second-order valence-corrected chi connectivity index (χ2v) is 6.75. The van der Waals surface area contributed by atoms with Gasteiger partial charge in [-0.3, -0.25) is 9.59 Å². The molecular weight excluding hydrogens is 304 g/mol. The van der Waals surface area contributed by atoms with Gasteiger partial charge in [-0.2, -0.15) is 0 Å². The van der Waals surface area contributed by atoms with Gasteiger partial charge in [0.25, 0.3) is 0 Å². The quantitative estimate of drug-likeness (QED) is 0.389. The standard InChI is InChI=1S/C20H32O4/c1-2-3-6-10-17(21)13-14-18-16(12-15-19(18)22)9-7-4-5-8-11-20(23)24/h4,7,12,15-18,21H,2-3,5-6,8-11,13-14H2,1H3,(H,23,24)/b7-4+/t16-,17-,18+/m0/s1. The van der Waals surface area contributed by atoms with E-state index in [2.05, 4.69) is 13.0 Å². The Hall–Kier alpha value is -1.42. The van der Waals surface area contributed by atoms with Crippen LogP contribution in [0.4, 0.5) is 0 Å². The Morgan fingerprint density at radius 3 is 2.75 bits per heavy atom. The highest BCUT2D eigenvalue weighted by molar-refractivity contribution is 5.94. The van der Waals surface area contributed by atoms with E-state index in [9.17, 15) is 14.7 Å². The van der Waals surface area contributed by atoms with Gasteiger partial charge in [-0.05, 0) is 50.5 Å². The summed E-state index contributed by atoms with van der Waals surface area (Å²) in [6.07, 6.45) is 15.5. The molecule has 24 heavy (non-hydrogen) atoms. The number of ketones is 1. The van der Waals surface area contributed by atoms with Crippen LogP contribution in [0.1, 0.15) is 71.1 Å². The minimum absolute atomic E-state index is 0.00510. The summed E-state index contributed by atoms with van der Waals surface area (Å²) in [5, 5.41) is 18.6. The Morgan fingerprint density at radius 1 is 1.25 bits per heavy atom. The molecule has 0 bridgehead atoms. The van der Waals surface area contributed by atoms with Gasteiger partial charge >= 0.3 is 5.97 Å². The van der Waals surface area contributed by atoms with Crippen molar-refractivity contribution < 1.29 is 19.8 Å². The Morgan fingerprint density at radius 2 is 2.04 bits per heavy atom. The van der Waals surface area contributed by atoms with Gasteiger partial charge in [-0.25, -0.2) is 0 Å². The van der Waals surface area contributed by atoms with Gasteiger partial charge < -0.3 is 10.2 Å². The number of carbonyl (C=O) groups excluding carboxylic acids is 1. The normalized spacial score (nSPS) is 21.7. The number of carboxylic acids is 1. The number of allylic oxidation sites excluding steroid dienone is 4. The molecule has 0 saturated carbocycles. The predicted octanol–water partition coefficient (Wildman–Crippen LogP) is 4.28. The van der Waals surface area contributed by atoms with Crippen molar-refractivity contribution in [3.8, 4) is 0 Å². The van der Waals surface area contributed by atoms with Crippen LogP contribution in [0.5, 0.6) is 0 Å². The smallest absolute Gasteiger partial charge is 0.303 e. The molecule has 0 heterocycles. The Kier molecular flexibility index (Phi) is 10.3. The monoisotopic (exact) mass is 336 g/mol. The van der Waals surface area contributed by atoms with E-state index in [0.29, 0.717) is 12.8 Å². The maximum atomic E-state index is 12.0. The third-order valence-corrected chi connectivity index (χ3v) is 4.68. The fourth-order valence-electron chi connectivity index (χ4n) is 3.17. The lowest BCUT2D eigenvalue weighted by Gasteiger charge is -2.18. The molecule has 0 unspecified atom stereocenters. The molecule has 4 heteroatoms. The second kappa shape index (κ2) is 12.0. The van der Waals surface area contributed by atoms with Gasteiger partial charge in [-0.1, -0.05) is 44.4 Å². The predicted molar refractivity (Wildman–Crippen MR) is 95.8 cm³/mol. The number of rotatable bonds is 13. The molecule has 0 aromatic carbocycles. The molecule has 0 amide bonds. The molecule has 2 N–H and O–H groups in total. The van der Waals surface area contributed by atoms with Gasteiger partial charge in [0.2, 0.25) is 0 Å². The third-order valence-electron chi connectivity index (χ3n) is 4.68. The number of unbranched alkanes of at least 4 members (excludes halogenated alkanes) is 3. The lowest BCUT2D eigenvalue weighted by Crippen LogP contribution is -2.18. The van der Waals surface area contributed by atoms with Crippen molar-refractivity contribution in [1.82, 2.24) is 0 Å².